The first kappa shape index (κ1) is 15.2. The van der Waals surface area contributed by atoms with Crippen LogP contribution in [0.3, 0.4) is 0 Å². The van der Waals surface area contributed by atoms with Crippen LogP contribution in [0.25, 0.3) is 11.4 Å². The highest BCUT2D eigenvalue weighted by atomic mass is 16.2. The summed E-state index contributed by atoms with van der Waals surface area (Å²) in [5.41, 5.74) is 1.30. The number of carbonyl (C=O) groups is 1. The van der Waals surface area contributed by atoms with Gasteiger partial charge in [-0.05, 0) is 25.0 Å². The van der Waals surface area contributed by atoms with Gasteiger partial charge in [0.05, 0.1) is 0 Å². The van der Waals surface area contributed by atoms with Crippen LogP contribution in [0.1, 0.15) is 19.0 Å². The van der Waals surface area contributed by atoms with Gasteiger partial charge in [-0.3, -0.25) is 9.59 Å². The number of anilines is 1. The molecule has 3 rings (SSSR count). The second-order valence-electron chi connectivity index (χ2n) is 5.62. The predicted octanol–water partition coefficient (Wildman–Crippen LogP) is 1.04. The van der Waals surface area contributed by atoms with Crippen molar-refractivity contribution < 1.29 is 4.79 Å². The normalized spacial score (nSPS) is 17.6. The van der Waals surface area contributed by atoms with Crippen molar-refractivity contribution in [2.45, 2.75) is 25.8 Å². The van der Waals surface area contributed by atoms with Crippen molar-refractivity contribution in [1.29, 1.82) is 0 Å². The highest BCUT2D eigenvalue weighted by molar-refractivity contribution is 5.86. The quantitative estimate of drug-likeness (QED) is 0.880. The van der Waals surface area contributed by atoms with Crippen LogP contribution in [0.2, 0.25) is 0 Å². The Bertz CT molecular complexity index is 769. The molecule has 120 valence electrons. The van der Waals surface area contributed by atoms with Crippen LogP contribution in [0.15, 0.2) is 29.2 Å². The third kappa shape index (κ3) is 3.23. The highest BCUT2D eigenvalue weighted by Gasteiger charge is 2.28. The Morgan fingerprint density at radius 3 is 2.83 bits per heavy atom. The third-order valence-corrected chi connectivity index (χ3v) is 3.94. The Balaban J connectivity index is 1.78. The van der Waals surface area contributed by atoms with Crippen molar-refractivity contribution >= 4 is 11.7 Å². The van der Waals surface area contributed by atoms with E-state index in [0.717, 1.165) is 24.2 Å². The van der Waals surface area contributed by atoms with Gasteiger partial charge in [-0.1, -0.05) is 6.92 Å². The smallest absolute Gasteiger partial charge is 0.251 e. The maximum Gasteiger partial charge on any atom is 0.251 e. The summed E-state index contributed by atoms with van der Waals surface area (Å²) in [4.78, 5) is 36.7. The maximum atomic E-state index is 11.9. The lowest BCUT2D eigenvalue weighted by molar-refractivity contribution is -0.127. The molecule has 1 fully saturated rings. The number of H-pyrrole nitrogens is 1. The second kappa shape index (κ2) is 6.20. The summed E-state index contributed by atoms with van der Waals surface area (Å²) in [7, 11) is 1.79. The monoisotopic (exact) mass is 313 g/mol. The molecule has 0 bridgehead atoms. The van der Waals surface area contributed by atoms with Gasteiger partial charge in [-0.15, -0.1) is 0 Å². The van der Waals surface area contributed by atoms with E-state index in [1.165, 1.54) is 6.07 Å². The van der Waals surface area contributed by atoms with Crippen molar-refractivity contribution in [1.82, 2.24) is 19.9 Å². The summed E-state index contributed by atoms with van der Waals surface area (Å²) in [5.74, 6) is 1.22. The molecule has 1 aliphatic heterocycles. The number of aryl methyl sites for hydroxylation is 1. The number of hydrogen-bond donors (Lipinski definition) is 2. The van der Waals surface area contributed by atoms with Gasteiger partial charge in [-0.2, -0.15) is 0 Å². The minimum atomic E-state index is -0.222. The fraction of sp³-hybridized carbons (Fsp3) is 0.375. The topological polar surface area (TPSA) is 91.0 Å². The molecular formula is C16H19N5O2. The van der Waals surface area contributed by atoms with Crippen LogP contribution in [0.5, 0.6) is 0 Å². The molecule has 7 nitrogen and oxygen atoms in total. The van der Waals surface area contributed by atoms with Gasteiger partial charge >= 0.3 is 0 Å². The van der Waals surface area contributed by atoms with E-state index in [1.54, 1.807) is 24.2 Å². The van der Waals surface area contributed by atoms with E-state index >= 15 is 0 Å². The molecule has 0 aliphatic carbocycles. The lowest BCUT2D eigenvalue weighted by atomic mass is 10.2. The summed E-state index contributed by atoms with van der Waals surface area (Å²) in [5, 5.41) is 3.14. The molecule has 1 saturated heterocycles. The molecule has 7 heteroatoms. The Hall–Kier alpha value is -2.70. The lowest BCUT2D eigenvalue weighted by Gasteiger charge is -2.13. The van der Waals surface area contributed by atoms with Crippen LogP contribution in [-0.2, 0) is 11.2 Å². The molecule has 0 aromatic carbocycles. The third-order valence-electron chi connectivity index (χ3n) is 3.94. The number of aromatic amines is 1. The molecule has 23 heavy (non-hydrogen) atoms. The van der Waals surface area contributed by atoms with Crippen molar-refractivity contribution in [3.05, 3.63) is 40.4 Å². The molecule has 2 aromatic rings. The zero-order valence-corrected chi connectivity index (χ0v) is 13.2. The number of likely N-dealkylation sites (N-methyl/N-ethyl adjacent to an activating group) is 1. The Morgan fingerprint density at radius 2 is 2.22 bits per heavy atom. The van der Waals surface area contributed by atoms with E-state index in [2.05, 4.69) is 20.3 Å². The van der Waals surface area contributed by atoms with Gasteiger partial charge in [0.1, 0.15) is 17.7 Å². The van der Waals surface area contributed by atoms with Crippen LogP contribution in [-0.4, -0.2) is 45.4 Å². The van der Waals surface area contributed by atoms with Crippen molar-refractivity contribution in [2.24, 2.45) is 0 Å². The summed E-state index contributed by atoms with van der Waals surface area (Å²) >= 11 is 0. The molecule has 1 unspecified atom stereocenters. The minimum Gasteiger partial charge on any atom is -0.358 e. The number of nitrogens with one attached hydrogen (secondary N) is 2. The van der Waals surface area contributed by atoms with Crippen molar-refractivity contribution in [3.8, 4) is 11.4 Å². The van der Waals surface area contributed by atoms with Crippen molar-refractivity contribution in [2.75, 3.05) is 18.9 Å². The molecule has 1 aliphatic rings. The number of amides is 1. The number of aromatic nitrogens is 3. The molecule has 0 spiro atoms. The average Bonchev–Trinajstić information content (AvgIpc) is 2.87. The Kier molecular flexibility index (Phi) is 4.10. The zero-order chi connectivity index (χ0) is 16.4. The molecule has 3 heterocycles. The largest absolute Gasteiger partial charge is 0.358 e. The molecule has 2 N–H and O–H groups in total. The highest BCUT2D eigenvalue weighted by Crippen LogP contribution is 2.18. The van der Waals surface area contributed by atoms with Gasteiger partial charge in [0, 0.05) is 37.1 Å². The van der Waals surface area contributed by atoms with Crippen LogP contribution < -0.4 is 10.9 Å². The fourth-order valence-corrected chi connectivity index (χ4v) is 2.58. The number of nitrogens with zero attached hydrogens (tertiary/aromatic N) is 3. The summed E-state index contributed by atoms with van der Waals surface area (Å²) in [6.07, 6.45) is 3.11. The van der Waals surface area contributed by atoms with Gasteiger partial charge < -0.3 is 15.2 Å². The van der Waals surface area contributed by atoms with E-state index in [-0.39, 0.29) is 17.5 Å². The van der Waals surface area contributed by atoms with Crippen LogP contribution in [0, 0.1) is 0 Å². The van der Waals surface area contributed by atoms with Crippen LogP contribution in [0.4, 0.5) is 5.82 Å². The molecule has 1 atom stereocenters. The Labute approximate surface area is 133 Å². The minimum absolute atomic E-state index is 0.0810. The first-order chi connectivity index (χ1) is 11.1. The standard InChI is InChI=1S/C16H19N5O2/c1-3-11-8-14(22)20-15(18-11)10-4-5-13(17-9-10)19-12-6-7-21(2)16(12)23/h4-5,8-9,12H,3,6-7H2,1-2H3,(H,17,19)(H,18,20,22). The molecular weight excluding hydrogens is 294 g/mol. The average molecular weight is 313 g/mol. The van der Waals surface area contributed by atoms with Crippen molar-refractivity contribution in [3.63, 3.8) is 0 Å². The lowest BCUT2D eigenvalue weighted by Crippen LogP contribution is -2.31. The van der Waals surface area contributed by atoms with E-state index in [4.69, 9.17) is 0 Å². The SMILES string of the molecule is CCc1cc(=O)[nH]c(-c2ccc(NC3CCN(C)C3=O)nc2)n1. The van der Waals surface area contributed by atoms with E-state index < -0.39 is 0 Å². The van der Waals surface area contributed by atoms with E-state index in [1.807, 2.05) is 13.0 Å². The van der Waals surface area contributed by atoms with Gasteiger partial charge in [0.25, 0.3) is 5.56 Å². The molecule has 2 aromatic heterocycles. The first-order valence-electron chi connectivity index (χ1n) is 7.65. The first-order valence-corrected chi connectivity index (χ1v) is 7.65. The van der Waals surface area contributed by atoms with Crippen LogP contribution >= 0.6 is 0 Å². The molecule has 0 radical (unpaired) electrons. The van der Waals surface area contributed by atoms with Gasteiger partial charge in [-0.25, -0.2) is 9.97 Å². The predicted molar refractivity (Wildman–Crippen MR) is 87.1 cm³/mol. The van der Waals surface area contributed by atoms with E-state index in [0.29, 0.717) is 18.1 Å². The van der Waals surface area contributed by atoms with Gasteiger partial charge in [0.15, 0.2) is 0 Å². The summed E-state index contributed by atoms with van der Waals surface area (Å²) in [6, 6.07) is 4.89. The summed E-state index contributed by atoms with van der Waals surface area (Å²) in [6.45, 7) is 2.70. The number of hydrogen-bond acceptors (Lipinski definition) is 5. The second-order valence-corrected chi connectivity index (χ2v) is 5.62. The number of likely N-dealkylation sites (tertiary alicyclic amines) is 1. The number of carbonyl (C=O) groups excluding carboxylic acids is 1. The zero-order valence-electron chi connectivity index (χ0n) is 13.2. The molecule has 0 saturated carbocycles. The summed E-state index contributed by atoms with van der Waals surface area (Å²) < 4.78 is 0. The fourth-order valence-electron chi connectivity index (χ4n) is 2.58. The number of rotatable bonds is 4. The molecule has 1 amide bonds. The van der Waals surface area contributed by atoms with E-state index in [9.17, 15) is 9.59 Å². The number of pyridine rings is 1. The maximum absolute atomic E-state index is 11.9. The van der Waals surface area contributed by atoms with Gasteiger partial charge in [0.2, 0.25) is 5.91 Å². The Morgan fingerprint density at radius 1 is 1.39 bits per heavy atom.